The molecule has 0 spiro atoms. The Bertz CT molecular complexity index is 281. The van der Waals surface area contributed by atoms with Crippen LogP contribution in [-0.4, -0.2) is 29.1 Å². The first-order chi connectivity index (χ1) is 8.29. The second kappa shape index (κ2) is 8.05. The summed E-state index contributed by atoms with van der Waals surface area (Å²) in [7, 11) is 0. The van der Waals surface area contributed by atoms with Gasteiger partial charge in [0.2, 0.25) is 0 Å². The highest BCUT2D eigenvalue weighted by Crippen LogP contribution is 2.08. The molecule has 0 radical (unpaired) electrons. The molecule has 6 heteroatoms. The molecule has 0 rings (SSSR count). The molecule has 0 aliphatic heterocycles. The van der Waals surface area contributed by atoms with Crippen LogP contribution in [0.1, 0.15) is 40.5 Å². The van der Waals surface area contributed by atoms with Crippen LogP contribution < -0.4 is 11.2 Å². The molecule has 18 heavy (non-hydrogen) atoms. The van der Waals surface area contributed by atoms with Crippen molar-refractivity contribution >= 4 is 11.9 Å². The molecule has 6 nitrogen and oxygen atoms in total. The van der Waals surface area contributed by atoms with E-state index in [2.05, 4.69) is 5.48 Å². The Morgan fingerprint density at radius 1 is 1.33 bits per heavy atom. The van der Waals surface area contributed by atoms with Crippen LogP contribution in [-0.2, 0) is 14.4 Å². The molecule has 0 bridgehead atoms. The van der Waals surface area contributed by atoms with E-state index in [0.29, 0.717) is 6.42 Å². The second-order valence-electron chi connectivity index (χ2n) is 4.97. The Hall–Kier alpha value is -1.14. The lowest BCUT2D eigenvalue weighted by molar-refractivity contribution is -0.160. The number of rotatable bonds is 8. The normalized spacial score (nSPS) is 16.1. The first-order valence-electron chi connectivity index (χ1n) is 6.24. The summed E-state index contributed by atoms with van der Waals surface area (Å²) in [6, 6.07) is -1.64. The summed E-state index contributed by atoms with van der Waals surface area (Å²) in [6.07, 6.45) is 1.13. The Balaban J connectivity index is 4.27. The average Bonchev–Trinajstić information content (AvgIpc) is 2.31. The number of carboxylic acids is 1. The van der Waals surface area contributed by atoms with Crippen molar-refractivity contribution in [3.05, 3.63) is 0 Å². The SMILES string of the molecule is CC[C@H](C)[C@H](N)C(=O)ON[C@@H](CC(C)C)C(=O)O. The van der Waals surface area contributed by atoms with Gasteiger partial charge < -0.3 is 15.7 Å². The topological polar surface area (TPSA) is 102 Å². The number of nitrogens with two attached hydrogens (primary N) is 1. The lowest BCUT2D eigenvalue weighted by atomic mass is 10.0. The van der Waals surface area contributed by atoms with Gasteiger partial charge in [0.15, 0.2) is 0 Å². The number of carbonyl (C=O) groups is 2. The summed E-state index contributed by atoms with van der Waals surface area (Å²) in [6.45, 7) is 7.55. The summed E-state index contributed by atoms with van der Waals surface area (Å²) < 4.78 is 0. The number of carboxylic acid groups (broad SMARTS) is 1. The minimum atomic E-state index is -1.05. The van der Waals surface area contributed by atoms with Crippen molar-refractivity contribution in [1.82, 2.24) is 5.48 Å². The van der Waals surface area contributed by atoms with Gasteiger partial charge in [-0.3, -0.25) is 4.79 Å². The van der Waals surface area contributed by atoms with Crippen LogP contribution in [0.2, 0.25) is 0 Å². The molecular formula is C12H24N2O4. The molecule has 106 valence electrons. The van der Waals surface area contributed by atoms with Crippen molar-refractivity contribution in [2.24, 2.45) is 17.6 Å². The fraction of sp³-hybridized carbons (Fsp3) is 0.833. The number of hydroxylamine groups is 1. The van der Waals surface area contributed by atoms with Gasteiger partial charge in [-0.1, -0.05) is 34.1 Å². The molecule has 3 atom stereocenters. The molecule has 0 heterocycles. The largest absolute Gasteiger partial charge is 0.480 e. The minimum Gasteiger partial charge on any atom is -0.480 e. The van der Waals surface area contributed by atoms with Crippen LogP contribution in [0.3, 0.4) is 0 Å². The van der Waals surface area contributed by atoms with Gasteiger partial charge in [-0.2, -0.15) is 0 Å². The fourth-order valence-corrected chi connectivity index (χ4v) is 1.35. The van der Waals surface area contributed by atoms with Gasteiger partial charge >= 0.3 is 11.9 Å². The standard InChI is InChI=1S/C12H24N2O4/c1-5-8(4)10(13)12(17)18-14-9(11(15)16)6-7(2)3/h7-10,14H,5-6,13H2,1-4H3,(H,15,16)/t8-,9-,10-/m0/s1. The quantitative estimate of drug-likeness (QED) is 0.561. The lowest BCUT2D eigenvalue weighted by Crippen LogP contribution is -2.45. The lowest BCUT2D eigenvalue weighted by Gasteiger charge is -2.19. The summed E-state index contributed by atoms with van der Waals surface area (Å²) in [4.78, 5) is 27.2. The zero-order chi connectivity index (χ0) is 14.3. The molecule has 0 amide bonds. The third-order valence-electron chi connectivity index (χ3n) is 2.84. The number of nitrogens with one attached hydrogen (secondary N) is 1. The van der Waals surface area contributed by atoms with Crippen LogP contribution in [0.5, 0.6) is 0 Å². The van der Waals surface area contributed by atoms with Gasteiger partial charge in [0.05, 0.1) is 0 Å². The van der Waals surface area contributed by atoms with Crippen LogP contribution in [0.15, 0.2) is 0 Å². The van der Waals surface area contributed by atoms with E-state index in [1.54, 1.807) is 0 Å². The van der Waals surface area contributed by atoms with Crippen molar-refractivity contribution in [1.29, 1.82) is 0 Å². The first kappa shape index (κ1) is 16.9. The van der Waals surface area contributed by atoms with Crippen molar-refractivity contribution in [2.75, 3.05) is 0 Å². The Morgan fingerprint density at radius 3 is 2.28 bits per heavy atom. The van der Waals surface area contributed by atoms with E-state index < -0.39 is 24.0 Å². The number of carbonyl (C=O) groups excluding carboxylic acids is 1. The maximum atomic E-state index is 11.6. The van der Waals surface area contributed by atoms with Gasteiger partial charge in [0.25, 0.3) is 0 Å². The molecule has 0 aliphatic carbocycles. The maximum absolute atomic E-state index is 11.6. The molecule has 0 aliphatic rings. The van der Waals surface area contributed by atoms with Crippen molar-refractivity contribution < 1.29 is 19.5 Å². The highest BCUT2D eigenvalue weighted by molar-refractivity contribution is 5.77. The summed E-state index contributed by atoms with van der Waals surface area (Å²) in [5.74, 6) is -1.50. The third kappa shape index (κ3) is 5.97. The Kier molecular flexibility index (Phi) is 7.54. The molecule has 0 saturated heterocycles. The summed E-state index contributed by atoms with van der Waals surface area (Å²) in [5.41, 5.74) is 7.95. The van der Waals surface area contributed by atoms with E-state index in [1.165, 1.54) is 0 Å². The van der Waals surface area contributed by atoms with E-state index >= 15 is 0 Å². The minimum absolute atomic E-state index is 0.00678. The monoisotopic (exact) mass is 260 g/mol. The molecular weight excluding hydrogens is 236 g/mol. The zero-order valence-electron chi connectivity index (χ0n) is 11.5. The second-order valence-corrected chi connectivity index (χ2v) is 4.97. The fourth-order valence-electron chi connectivity index (χ4n) is 1.35. The Labute approximate surface area is 108 Å². The van der Waals surface area contributed by atoms with E-state index in [9.17, 15) is 9.59 Å². The van der Waals surface area contributed by atoms with Crippen molar-refractivity contribution in [2.45, 2.75) is 52.6 Å². The smallest absolute Gasteiger partial charge is 0.341 e. The van der Waals surface area contributed by atoms with Crippen LogP contribution in [0.25, 0.3) is 0 Å². The molecule has 0 aromatic heterocycles. The predicted octanol–water partition coefficient (Wildman–Crippen LogP) is 0.907. The molecule has 0 aromatic carbocycles. The van der Waals surface area contributed by atoms with Gasteiger partial charge in [-0.05, 0) is 18.3 Å². The summed E-state index contributed by atoms with van der Waals surface area (Å²) in [5, 5.41) is 8.94. The van der Waals surface area contributed by atoms with Crippen LogP contribution >= 0.6 is 0 Å². The van der Waals surface area contributed by atoms with Crippen molar-refractivity contribution in [3.8, 4) is 0 Å². The summed E-state index contributed by atoms with van der Waals surface area (Å²) >= 11 is 0. The van der Waals surface area contributed by atoms with Crippen LogP contribution in [0, 0.1) is 11.8 Å². The Morgan fingerprint density at radius 2 is 1.89 bits per heavy atom. The third-order valence-corrected chi connectivity index (χ3v) is 2.84. The van der Waals surface area contributed by atoms with E-state index in [1.807, 2.05) is 27.7 Å². The van der Waals surface area contributed by atoms with Gasteiger partial charge in [-0.15, -0.1) is 5.48 Å². The number of hydrogen-bond acceptors (Lipinski definition) is 5. The highest BCUT2D eigenvalue weighted by Gasteiger charge is 2.25. The van der Waals surface area contributed by atoms with Gasteiger partial charge in [-0.25, -0.2) is 4.79 Å². The van der Waals surface area contributed by atoms with Crippen LogP contribution in [0.4, 0.5) is 0 Å². The van der Waals surface area contributed by atoms with Crippen molar-refractivity contribution in [3.63, 3.8) is 0 Å². The highest BCUT2D eigenvalue weighted by atomic mass is 16.7. The van der Waals surface area contributed by atoms with E-state index in [-0.39, 0.29) is 11.8 Å². The maximum Gasteiger partial charge on any atom is 0.341 e. The zero-order valence-corrected chi connectivity index (χ0v) is 11.5. The molecule has 0 fully saturated rings. The molecule has 0 saturated carbocycles. The van der Waals surface area contributed by atoms with E-state index in [4.69, 9.17) is 15.7 Å². The average molecular weight is 260 g/mol. The molecule has 0 unspecified atom stereocenters. The van der Waals surface area contributed by atoms with Gasteiger partial charge in [0.1, 0.15) is 12.1 Å². The molecule has 0 aromatic rings. The van der Waals surface area contributed by atoms with E-state index in [0.717, 1.165) is 6.42 Å². The first-order valence-corrected chi connectivity index (χ1v) is 6.24. The number of hydrogen-bond donors (Lipinski definition) is 3. The number of aliphatic carboxylic acids is 1. The molecule has 4 N–H and O–H groups in total. The predicted molar refractivity (Wildman–Crippen MR) is 67.5 cm³/mol. The van der Waals surface area contributed by atoms with Gasteiger partial charge in [0, 0.05) is 0 Å².